The highest BCUT2D eigenvalue weighted by Gasteiger charge is 2.27. The number of aryl methyl sites for hydroxylation is 2. The first-order valence-corrected chi connectivity index (χ1v) is 8.66. The molecule has 0 unspecified atom stereocenters. The van der Waals surface area contributed by atoms with Gasteiger partial charge in [-0.05, 0) is 31.5 Å². The van der Waals surface area contributed by atoms with Crippen molar-refractivity contribution < 1.29 is 4.79 Å². The van der Waals surface area contributed by atoms with Crippen molar-refractivity contribution in [1.82, 2.24) is 14.8 Å². The number of rotatable bonds is 2. The summed E-state index contributed by atoms with van der Waals surface area (Å²) >= 11 is 0. The summed E-state index contributed by atoms with van der Waals surface area (Å²) in [6.07, 6.45) is 0.762. The summed E-state index contributed by atoms with van der Waals surface area (Å²) in [4.78, 5) is 19.4. The number of nitrogens with zero attached hydrogens (tertiary/aromatic N) is 4. The monoisotopic (exact) mass is 347 g/mol. The van der Waals surface area contributed by atoms with Gasteiger partial charge in [0.25, 0.3) is 5.91 Å². The van der Waals surface area contributed by atoms with E-state index >= 15 is 0 Å². The van der Waals surface area contributed by atoms with Gasteiger partial charge in [0, 0.05) is 43.1 Å². The number of aromatic nitrogens is 3. The molecule has 0 fully saturated rings. The Kier molecular flexibility index (Phi) is 3.95. The zero-order chi connectivity index (χ0) is 18.3. The van der Waals surface area contributed by atoms with Crippen LogP contribution < -0.4 is 10.2 Å². The Balaban J connectivity index is 1.77. The van der Waals surface area contributed by atoms with Gasteiger partial charge in [-0.3, -0.25) is 9.48 Å². The van der Waals surface area contributed by atoms with E-state index in [0.29, 0.717) is 11.5 Å². The molecule has 0 saturated carbocycles. The SMILES string of the molecule is Cc1cccc(NC(=O)c2nn(C)c3c2CCN(C)c2ccccc2-3)n1. The van der Waals surface area contributed by atoms with E-state index in [1.807, 2.05) is 42.9 Å². The summed E-state index contributed by atoms with van der Waals surface area (Å²) in [5.41, 5.74) is 5.57. The lowest BCUT2D eigenvalue weighted by molar-refractivity contribution is 0.102. The first kappa shape index (κ1) is 16.3. The lowest BCUT2D eigenvalue weighted by Gasteiger charge is -2.19. The second kappa shape index (κ2) is 6.29. The standard InChI is InChI=1S/C20H21N5O/c1-13-7-6-10-17(21-13)22-20(26)18-15-11-12-24(2)16-9-5-4-8-14(16)19(15)25(3)23-18/h4-10H,11-12H2,1-3H3,(H,21,22,26). The molecule has 1 aliphatic rings. The Hall–Kier alpha value is -3.15. The Morgan fingerprint density at radius 1 is 1.12 bits per heavy atom. The third kappa shape index (κ3) is 2.73. The molecule has 3 heterocycles. The van der Waals surface area contributed by atoms with Gasteiger partial charge in [-0.1, -0.05) is 24.3 Å². The molecule has 1 amide bonds. The number of amides is 1. The minimum atomic E-state index is -0.220. The van der Waals surface area contributed by atoms with Crippen LogP contribution in [0.5, 0.6) is 0 Å². The average molecular weight is 347 g/mol. The number of carbonyl (C=O) groups excluding carboxylic acids is 1. The van der Waals surface area contributed by atoms with E-state index in [4.69, 9.17) is 0 Å². The first-order valence-electron chi connectivity index (χ1n) is 8.66. The molecule has 6 heteroatoms. The molecule has 0 saturated heterocycles. The van der Waals surface area contributed by atoms with E-state index in [9.17, 15) is 4.79 Å². The molecule has 0 bridgehead atoms. The quantitative estimate of drug-likeness (QED) is 0.774. The smallest absolute Gasteiger partial charge is 0.277 e. The summed E-state index contributed by atoms with van der Waals surface area (Å²) in [6.45, 7) is 2.73. The number of para-hydroxylation sites is 1. The number of carbonyl (C=O) groups is 1. The topological polar surface area (TPSA) is 63.1 Å². The largest absolute Gasteiger partial charge is 0.374 e. The van der Waals surface area contributed by atoms with Crippen LogP contribution >= 0.6 is 0 Å². The predicted molar refractivity (Wildman–Crippen MR) is 103 cm³/mol. The molecule has 6 nitrogen and oxygen atoms in total. The summed E-state index contributed by atoms with van der Waals surface area (Å²) in [7, 11) is 3.97. The second-order valence-corrected chi connectivity index (χ2v) is 6.61. The fraction of sp³-hybridized carbons (Fsp3) is 0.250. The number of anilines is 2. The predicted octanol–water partition coefficient (Wildman–Crippen LogP) is 3.04. The number of nitrogens with one attached hydrogen (secondary N) is 1. The summed E-state index contributed by atoms with van der Waals surface area (Å²) < 4.78 is 1.81. The van der Waals surface area contributed by atoms with Crippen molar-refractivity contribution in [3.8, 4) is 11.3 Å². The van der Waals surface area contributed by atoms with Crippen molar-refractivity contribution in [2.45, 2.75) is 13.3 Å². The van der Waals surface area contributed by atoms with Crippen LogP contribution in [-0.4, -0.2) is 34.3 Å². The molecule has 0 spiro atoms. The molecule has 4 rings (SSSR count). The fourth-order valence-electron chi connectivity index (χ4n) is 3.52. The molecule has 2 aromatic heterocycles. The number of hydrogen-bond acceptors (Lipinski definition) is 4. The van der Waals surface area contributed by atoms with Crippen LogP contribution in [-0.2, 0) is 13.5 Å². The molecule has 1 aromatic carbocycles. The molecule has 26 heavy (non-hydrogen) atoms. The molecule has 0 atom stereocenters. The van der Waals surface area contributed by atoms with Crippen molar-refractivity contribution >= 4 is 17.4 Å². The molecule has 0 aliphatic carbocycles. The summed E-state index contributed by atoms with van der Waals surface area (Å²) in [5, 5.41) is 7.41. The molecule has 132 valence electrons. The lowest BCUT2D eigenvalue weighted by atomic mass is 10.0. The zero-order valence-corrected chi connectivity index (χ0v) is 15.2. The highest BCUT2D eigenvalue weighted by atomic mass is 16.2. The van der Waals surface area contributed by atoms with Gasteiger partial charge in [0.15, 0.2) is 5.69 Å². The van der Waals surface area contributed by atoms with Crippen molar-refractivity contribution in [2.75, 3.05) is 23.8 Å². The van der Waals surface area contributed by atoms with Gasteiger partial charge in [-0.25, -0.2) is 4.98 Å². The van der Waals surface area contributed by atoms with Crippen LogP contribution in [0.25, 0.3) is 11.3 Å². The second-order valence-electron chi connectivity index (χ2n) is 6.61. The number of pyridine rings is 1. The number of benzene rings is 1. The maximum absolute atomic E-state index is 12.9. The van der Waals surface area contributed by atoms with E-state index in [2.05, 4.69) is 39.5 Å². The summed E-state index contributed by atoms with van der Waals surface area (Å²) in [5.74, 6) is 0.322. The average Bonchev–Trinajstić information content (AvgIpc) is 2.87. The fourth-order valence-corrected chi connectivity index (χ4v) is 3.52. The van der Waals surface area contributed by atoms with E-state index in [0.717, 1.165) is 41.2 Å². The molecular formula is C20H21N5O. The van der Waals surface area contributed by atoms with Crippen LogP contribution in [0.4, 0.5) is 11.5 Å². The van der Waals surface area contributed by atoms with Gasteiger partial charge in [0.2, 0.25) is 0 Å². The normalized spacial score (nSPS) is 13.0. The summed E-state index contributed by atoms with van der Waals surface area (Å²) in [6, 6.07) is 13.8. The van der Waals surface area contributed by atoms with Gasteiger partial charge < -0.3 is 10.2 Å². The minimum absolute atomic E-state index is 0.220. The Morgan fingerprint density at radius 3 is 2.73 bits per heavy atom. The van der Waals surface area contributed by atoms with Crippen molar-refractivity contribution in [2.24, 2.45) is 7.05 Å². The molecule has 3 aromatic rings. The van der Waals surface area contributed by atoms with Crippen molar-refractivity contribution in [3.63, 3.8) is 0 Å². The maximum atomic E-state index is 12.9. The number of likely N-dealkylation sites (N-methyl/N-ethyl adjacent to an activating group) is 1. The Bertz CT molecular complexity index is 992. The number of fused-ring (bicyclic) bond motifs is 3. The third-order valence-corrected chi connectivity index (χ3v) is 4.76. The van der Waals surface area contributed by atoms with Crippen LogP contribution in [0.15, 0.2) is 42.5 Å². The minimum Gasteiger partial charge on any atom is -0.374 e. The van der Waals surface area contributed by atoms with Crippen LogP contribution in [0.2, 0.25) is 0 Å². The molecule has 1 N–H and O–H groups in total. The van der Waals surface area contributed by atoms with Gasteiger partial charge >= 0.3 is 0 Å². The first-order chi connectivity index (χ1) is 12.5. The van der Waals surface area contributed by atoms with Gasteiger partial charge in [0.05, 0.1) is 5.69 Å². The van der Waals surface area contributed by atoms with Gasteiger partial charge in [-0.2, -0.15) is 5.10 Å². The number of hydrogen-bond donors (Lipinski definition) is 1. The van der Waals surface area contributed by atoms with Gasteiger partial charge in [-0.15, -0.1) is 0 Å². The van der Waals surface area contributed by atoms with E-state index in [-0.39, 0.29) is 5.91 Å². The van der Waals surface area contributed by atoms with E-state index in [1.54, 1.807) is 6.07 Å². The molecule has 1 aliphatic heterocycles. The van der Waals surface area contributed by atoms with Crippen LogP contribution in [0.3, 0.4) is 0 Å². The van der Waals surface area contributed by atoms with E-state index < -0.39 is 0 Å². The molecule has 0 radical (unpaired) electrons. The highest BCUT2D eigenvalue weighted by Crippen LogP contribution is 2.36. The Labute approximate surface area is 152 Å². The van der Waals surface area contributed by atoms with Crippen molar-refractivity contribution in [1.29, 1.82) is 0 Å². The Morgan fingerprint density at radius 2 is 1.92 bits per heavy atom. The van der Waals surface area contributed by atoms with Crippen LogP contribution in [0.1, 0.15) is 21.7 Å². The maximum Gasteiger partial charge on any atom is 0.277 e. The van der Waals surface area contributed by atoms with E-state index in [1.165, 1.54) is 0 Å². The lowest BCUT2D eigenvalue weighted by Crippen LogP contribution is -2.21. The van der Waals surface area contributed by atoms with Gasteiger partial charge in [0.1, 0.15) is 5.82 Å². The highest BCUT2D eigenvalue weighted by molar-refractivity contribution is 6.04. The van der Waals surface area contributed by atoms with Crippen molar-refractivity contribution in [3.05, 3.63) is 59.4 Å². The zero-order valence-electron chi connectivity index (χ0n) is 15.2. The third-order valence-electron chi connectivity index (χ3n) is 4.76. The molecular weight excluding hydrogens is 326 g/mol. The van der Waals surface area contributed by atoms with Crippen LogP contribution in [0, 0.1) is 6.92 Å².